The minimum atomic E-state index is -3.74. The molecular weight excluding hydrogens is 151 g/mol. The van der Waals surface area contributed by atoms with Crippen LogP contribution in [0.4, 0.5) is 8.78 Å². The van der Waals surface area contributed by atoms with Crippen LogP contribution in [-0.2, 0) is 4.57 Å². The second-order valence-electron chi connectivity index (χ2n) is 1.55. The molecule has 0 aromatic heterocycles. The van der Waals surface area contributed by atoms with Crippen LogP contribution in [-0.4, -0.2) is 17.1 Å². The van der Waals surface area contributed by atoms with Gasteiger partial charge in [-0.2, -0.15) is 8.78 Å². The summed E-state index contributed by atoms with van der Waals surface area (Å²) in [7, 11) is -3.74. The molecule has 0 heterocycles. The van der Waals surface area contributed by atoms with Crippen LogP contribution in [0.15, 0.2) is 0 Å². The Hall–Kier alpha value is 0.01000. The van der Waals surface area contributed by atoms with Crippen molar-refractivity contribution in [2.75, 3.05) is 6.54 Å². The standard InChI is InChI=1S/C3H8F2NO2P/c4-3(5,1-2-6)9(7)8/h9H,1-2,6H2,(H,7,8). The Labute approximate surface area is 51.7 Å². The van der Waals surface area contributed by atoms with Crippen molar-refractivity contribution >= 4 is 8.03 Å². The highest BCUT2D eigenvalue weighted by molar-refractivity contribution is 7.39. The van der Waals surface area contributed by atoms with E-state index in [9.17, 15) is 13.3 Å². The SMILES string of the molecule is NCCC(F)(F)[PH](=O)O. The molecular formula is C3H8F2NO2P. The van der Waals surface area contributed by atoms with E-state index in [-0.39, 0.29) is 6.54 Å². The van der Waals surface area contributed by atoms with Crippen molar-refractivity contribution in [3.8, 4) is 0 Å². The number of nitrogens with two attached hydrogens (primary N) is 1. The van der Waals surface area contributed by atoms with E-state index >= 15 is 0 Å². The number of halogens is 2. The first-order valence-corrected chi connectivity index (χ1v) is 3.67. The number of hydrogen-bond acceptors (Lipinski definition) is 2. The summed E-state index contributed by atoms with van der Waals surface area (Å²) < 4.78 is 33.7. The van der Waals surface area contributed by atoms with E-state index < -0.39 is 20.1 Å². The van der Waals surface area contributed by atoms with Gasteiger partial charge in [0, 0.05) is 6.42 Å². The molecule has 0 aliphatic rings. The van der Waals surface area contributed by atoms with Crippen LogP contribution in [0.5, 0.6) is 0 Å². The summed E-state index contributed by atoms with van der Waals surface area (Å²) in [5.74, 6) is 0. The summed E-state index contributed by atoms with van der Waals surface area (Å²) in [5, 5.41) is 0. The van der Waals surface area contributed by atoms with Gasteiger partial charge in [-0.25, -0.2) is 0 Å². The number of hydrogen-bond donors (Lipinski definition) is 2. The second kappa shape index (κ2) is 3.25. The maximum Gasteiger partial charge on any atom is 0.320 e. The molecule has 0 aromatic carbocycles. The van der Waals surface area contributed by atoms with Crippen LogP contribution in [0.3, 0.4) is 0 Å². The molecule has 3 N–H and O–H groups in total. The van der Waals surface area contributed by atoms with Crippen LogP contribution in [0, 0.1) is 0 Å². The molecule has 56 valence electrons. The monoisotopic (exact) mass is 159 g/mol. The first-order chi connectivity index (χ1) is 4.00. The predicted octanol–water partition coefficient (Wildman–Crippen LogP) is 0.395. The van der Waals surface area contributed by atoms with Gasteiger partial charge in [-0.15, -0.1) is 0 Å². The molecule has 0 aliphatic carbocycles. The molecule has 0 saturated carbocycles. The first-order valence-electron chi connectivity index (χ1n) is 2.32. The Morgan fingerprint density at radius 3 is 2.22 bits per heavy atom. The van der Waals surface area contributed by atoms with Gasteiger partial charge in [-0.3, -0.25) is 4.57 Å². The van der Waals surface area contributed by atoms with E-state index in [0.29, 0.717) is 0 Å². The Bertz CT molecular complexity index is 118. The maximum absolute atomic E-state index is 11.9. The molecule has 6 heteroatoms. The van der Waals surface area contributed by atoms with Gasteiger partial charge in [-0.05, 0) is 6.54 Å². The van der Waals surface area contributed by atoms with Gasteiger partial charge >= 0.3 is 5.66 Å². The molecule has 0 aromatic rings. The third-order valence-corrected chi connectivity index (χ3v) is 1.65. The molecule has 0 aliphatic heterocycles. The Kier molecular flexibility index (Phi) is 3.25. The van der Waals surface area contributed by atoms with Gasteiger partial charge in [0.15, 0.2) is 0 Å². The van der Waals surface area contributed by atoms with Crippen molar-refractivity contribution in [3.63, 3.8) is 0 Å². The second-order valence-corrected chi connectivity index (χ2v) is 2.89. The fourth-order valence-electron chi connectivity index (χ4n) is 0.288. The third-order valence-electron chi connectivity index (χ3n) is 0.771. The quantitative estimate of drug-likeness (QED) is 0.585. The molecule has 1 atom stereocenters. The molecule has 0 bridgehead atoms. The van der Waals surface area contributed by atoms with Crippen molar-refractivity contribution in [3.05, 3.63) is 0 Å². The van der Waals surface area contributed by atoms with E-state index in [2.05, 4.69) is 0 Å². The van der Waals surface area contributed by atoms with Crippen LogP contribution in [0.25, 0.3) is 0 Å². The van der Waals surface area contributed by atoms with Crippen molar-refractivity contribution in [2.24, 2.45) is 5.73 Å². The van der Waals surface area contributed by atoms with E-state index in [0.717, 1.165) is 0 Å². The molecule has 0 saturated heterocycles. The molecule has 0 radical (unpaired) electrons. The van der Waals surface area contributed by atoms with E-state index in [1.807, 2.05) is 0 Å². The maximum atomic E-state index is 11.9. The van der Waals surface area contributed by atoms with Crippen LogP contribution < -0.4 is 5.73 Å². The predicted molar refractivity (Wildman–Crippen MR) is 29.8 cm³/mol. The third kappa shape index (κ3) is 2.89. The lowest BCUT2D eigenvalue weighted by atomic mass is 10.4. The fourth-order valence-corrected chi connectivity index (χ4v) is 0.646. The highest BCUT2D eigenvalue weighted by Gasteiger charge is 2.34. The summed E-state index contributed by atoms with van der Waals surface area (Å²) in [5.41, 5.74) is 1.27. The zero-order valence-electron chi connectivity index (χ0n) is 4.60. The molecule has 0 fully saturated rings. The lowest BCUT2D eigenvalue weighted by Gasteiger charge is -2.09. The van der Waals surface area contributed by atoms with E-state index in [1.54, 1.807) is 0 Å². The summed E-state index contributed by atoms with van der Waals surface area (Å²) in [6.07, 6.45) is -0.721. The molecule has 1 unspecified atom stereocenters. The molecule has 0 spiro atoms. The first kappa shape index (κ1) is 9.01. The minimum Gasteiger partial charge on any atom is -0.342 e. The van der Waals surface area contributed by atoms with Crippen molar-refractivity contribution < 1.29 is 18.2 Å². The normalized spacial score (nSPS) is 15.6. The highest BCUT2D eigenvalue weighted by atomic mass is 31.1. The molecule has 0 amide bonds. The zero-order valence-corrected chi connectivity index (χ0v) is 5.60. The average Bonchev–Trinajstić information content (AvgIpc) is 1.65. The molecule has 0 rings (SSSR count). The average molecular weight is 159 g/mol. The summed E-state index contributed by atoms with van der Waals surface area (Å²) in [6.45, 7) is -0.274. The summed E-state index contributed by atoms with van der Waals surface area (Å²) in [4.78, 5) is 7.95. The van der Waals surface area contributed by atoms with Gasteiger partial charge in [0.05, 0.1) is 0 Å². The lowest BCUT2D eigenvalue weighted by Crippen LogP contribution is -2.16. The van der Waals surface area contributed by atoms with Crippen LogP contribution >= 0.6 is 8.03 Å². The largest absolute Gasteiger partial charge is 0.342 e. The summed E-state index contributed by atoms with van der Waals surface area (Å²) in [6, 6.07) is 0. The van der Waals surface area contributed by atoms with Crippen molar-refractivity contribution in [2.45, 2.75) is 12.1 Å². The summed E-state index contributed by atoms with van der Waals surface area (Å²) >= 11 is 0. The van der Waals surface area contributed by atoms with Crippen molar-refractivity contribution in [1.82, 2.24) is 0 Å². The van der Waals surface area contributed by atoms with E-state index in [1.165, 1.54) is 0 Å². The number of alkyl halides is 2. The van der Waals surface area contributed by atoms with Crippen molar-refractivity contribution in [1.29, 1.82) is 0 Å². The van der Waals surface area contributed by atoms with Gasteiger partial charge < -0.3 is 10.6 Å². The lowest BCUT2D eigenvalue weighted by molar-refractivity contribution is 0.0763. The number of rotatable bonds is 3. The highest BCUT2D eigenvalue weighted by Crippen LogP contribution is 2.40. The van der Waals surface area contributed by atoms with Gasteiger partial charge in [0.1, 0.15) is 0 Å². The Morgan fingerprint density at radius 2 is 2.11 bits per heavy atom. The van der Waals surface area contributed by atoms with Gasteiger partial charge in [0.25, 0.3) is 8.03 Å². The van der Waals surface area contributed by atoms with Crippen LogP contribution in [0.1, 0.15) is 6.42 Å². The zero-order chi connectivity index (χ0) is 7.49. The van der Waals surface area contributed by atoms with E-state index in [4.69, 9.17) is 10.6 Å². The smallest absolute Gasteiger partial charge is 0.320 e. The topological polar surface area (TPSA) is 63.3 Å². The Morgan fingerprint density at radius 1 is 1.67 bits per heavy atom. The Balaban J connectivity index is 3.85. The van der Waals surface area contributed by atoms with Gasteiger partial charge in [0.2, 0.25) is 0 Å². The minimum absolute atomic E-state index is 0.274. The molecule has 9 heavy (non-hydrogen) atoms. The molecule has 3 nitrogen and oxygen atoms in total. The fraction of sp³-hybridized carbons (Fsp3) is 1.00. The van der Waals surface area contributed by atoms with Crippen LogP contribution in [0.2, 0.25) is 0 Å². The van der Waals surface area contributed by atoms with Gasteiger partial charge in [-0.1, -0.05) is 0 Å².